The number of benzene rings is 2. The van der Waals surface area contributed by atoms with Gasteiger partial charge in [0.1, 0.15) is 5.75 Å². The summed E-state index contributed by atoms with van der Waals surface area (Å²) in [7, 11) is -3.56. The summed E-state index contributed by atoms with van der Waals surface area (Å²) in [4.78, 5) is 26.6. The van der Waals surface area contributed by atoms with Crippen LogP contribution in [-0.2, 0) is 26.0 Å². The molecular formula is C24H31N3O5S. The number of hydrogen-bond donors (Lipinski definition) is 2. The van der Waals surface area contributed by atoms with Crippen molar-refractivity contribution in [3.63, 3.8) is 0 Å². The molecule has 1 saturated heterocycles. The van der Waals surface area contributed by atoms with Gasteiger partial charge < -0.3 is 15.0 Å². The van der Waals surface area contributed by atoms with Crippen molar-refractivity contribution in [1.29, 1.82) is 0 Å². The molecule has 33 heavy (non-hydrogen) atoms. The minimum Gasteiger partial charge on any atom is -0.483 e. The van der Waals surface area contributed by atoms with E-state index >= 15 is 0 Å². The van der Waals surface area contributed by atoms with Crippen LogP contribution in [0.2, 0.25) is 0 Å². The van der Waals surface area contributed by atoms with Crippen molar-refractivity contribution in [2.75, 3.05) is 31.6 Å². The molecule has 0 spiro atoms. The van der Waals surface area contributed by atoms with Crippen LogP contribution in [0.3, 0.4) is 0 Å². The van der Waals surface area contributed by atoms with Crippen molar-refractivity contribution in [3.8, 4) is 5.75 Å². The summed E-state index contributed by atoms with van der Waals surface area (Å²) in [6.45, 7) is 5.45. The number of sulfonamides is 1. The number of rotatable bonds is 10. The zero-order chi connectivity index (χ0) is 23.8. The van der Waals surface area contributed by atoms with E-state index in [1.165, 1.54) is 12.1 Å². The number of nitrogens with one attached hydrogen (secondary N) is 2. The predicted molar refractivity (Wildman–Crippen MR) is 127 cm³/mol. The second-order valence-electron chi connectivity index (χ2n) is 8.12. The van der Waals surface area contributed by atoms with Crippen molar-refractivity contribution in [2.45, 2.75) is 44.4 Å². The van der Waals surface area contributed by atoms with Gasteiger partial charge in [-0.1, -0.05) is 19.1 Å². The first-order chi connectivity index (χ1) is 15.8. The van der Waals surface area contributed by atoms with E-state index < -0.39 is 10.0 Å². The molecule has 0 unspecified atom stereocenters. The molecule has 0 radical (unpaired) electrons. The van der Waals surface area contributed by atoms with Crippen LogP contribution >= 0.6 is 0 Å². The summed E-state index contributed by atoms with van der Waals surface area (Å²) in [5.41, 5.74) is 2.13. The molecule has 2 N–H and O–H groups in total. The van der Waals surface area contributed by atoms with Gasteiger partial charge in [0, 0.05) is 25.3 Å². The Bertz CT molecular complexity index is 1080. The fraction of sp³-hybridized carbons (Fsp3) is 0.417. The lowest BCUT2D eigenvalue weighted by Gasteiger charge is -2.15. The van der Waals surface area contributed by atoms with Gasteiger partial charge in [-0.3, -0.25) is 9.59 Å². The van der Waals surface area contributed by atoms with Gasteiger partial charge in [-0.15, -0.1) is 0 Å². The Kier molecular flexibility index (Phi) is 8.46. The van der Waals surface area contributed by atoms with E-state index in [0.29, 0.717) is 36.4 Å². The summed E-state index contributed by atoms with van der Waals surface area (Å²) < 4.78 is 32.6. The summed E-state index contributed by atoms with van der Waals surface area (Å²) in [6, 6.07) is 11.7. The molecule has 0 bridgehead atoms. The zero-order valence-electron chi connectivity index (χ0n) is 19.1. The molecule has 178 valence electrons. The molecule has 1 aliphatic heterocycles. The fourth-order valence-electron chi connectivity index (χ4n) is 3.57. The van der Waals surface area contributed by atoms with Crippen LogP contribution < -0.4 is 14.8 Å². The maximum atomic E-state index is 12.3. The summed E-state index contributed by atoms with van der Waals surface area (Å²) >= 11 is 0. The van der Waals surface area contributed by atoms with Gasteiger partial charge in [-0.2, -0.15) is 0 Å². The Balaban J connectivity index is 1.50. The highest BCUT2D eigenvalue weighted by Gasteiger charge is 2.18. The Morgan fingerprint density at radius 1 is 1.06 bits per heavy atom. The van der Waals surface area contributed by atoms with Gasteiger partial charge in [0.25, 0.3) is 5.91 Å². The van der Waals surface area contributed by atoms with Crippen LogP contribution in [0.25, 0.3) is 0 Å². The van der Waals surface area contributed by atoms with Crippen molar-refractivity contribution in [3.05, 3.63) is 53.6 Å². The lowest BCUT2D eigenvalue weighted by molar-refractivity contribution is -0.129. The van der Waals surface area contributed by atoms with E-state index in [-0.39, 0.29) is 23.3 Å². The molecular weight excluding hydrogens is 442 g/mol. The Morgan fingerprint density at radius 2 is 1.76 bits per heavy atom. The van der Waals surface area contributed by atoms with Crippen molar-refractivity contribution >= 4 is 27.5 Å². The van der Waals surface area contributed by atoms with Gasteiger partial charge in [-0.05, 0) is 67.6 Å². The van der Waals surface area contributed by atoms with Gasteiger partial charge in [0.05, 0.1) is 11.3 Å². The van der Waals surface area contributed by atoms with Crippen LogP contribution in [0.5, 0.6) is 5.75 Å². The average Bonchev–Trinajstić information content (AvgIpc) is 3.33. The number of aryl methyl sites for hydroxylation is 1. The maximum absolute atomic E-state index is 12.3. The molecule has 2 aromatic rings. The molecule has 2 aromatic carbocycles. The topological polar surface area (TPSA) is 105 Å². The number of hydrogen-bond acceptors (Lipinski definition) is 5. The number of carbonyl (C=O) groups is 2. The minimum absolute atomic E-state index is 0.132. The molecule has 8 nitrogen and oxygen atoms in total. The largest absolute Gasteiger partial charge is 0.483 e. The number of anilines is 1. The standard InChI is InChI=1S/C24H31N3O5S/c1-3-12-25-33(30,31)21-10-11-22(18(2)15-21)32-17-23(28)26-20-8-6-19(7-9-20)16-24(29)27-13-4-5-14-27/h6-11,15,25H,3-5,12-14,16-17H2,1-2H3,(H,26,28). The average molecular weight is 474 g/mol. The Hall–Kier alpha value is -2.91. The van der Waals surface area contributed by atoms with Crippen LogP contribution in [0.15, 0.2) is 47.4 Å². The smallest absolute Gasteiger partial charge is 0.262 e. The lowest BCUT2D eigenvalue weighted by atomic mass is 10.1. The highest BCUT2D eigenvalue weighted by molar-refractivity contribution is 7.89. The SMILES string of the molecule is CCCNS(=O)(=O)c1ccc(OCC(=O)Nc2ccc(CC(=O)N3CCCC3)cc2)c(C)c1. The van der Waals surface area contributed by atoms with Crippen LogP contribution in [0.4, 0.5) is 5.69 Å². The van der Waals surface area contributed by atoms with Gasteiger partial charge >= 0.3 is 0 Å². The summed E-state index contributed by atoms with van der Waals surface area (Å²) in [6.07, 6.45) is 3.19. The monoisotopic (exact) mass is 473 g/mol. The number of ether oxygens (including phenoxy) is 1. The van der Waals surface area contributed by atoms with Crippen LogP contribution in [-0.4, -0.2) is 51.4 Å². The fourth-order valence-corrected chi connectivity index (χ4v) is 4.79. The highest BCUT2D eigenvalue weighted by atomic mass is 32.2. The van der Waals surface area contributed by atoms with Crippen LogP contribution in [0, 0.1) is 6.92 Å². The first kappa shape index (κ1) is 24.7. The molecule has 1 fully saturated rings. The minimum atomic E-state index is -3.56. The molecule has 0 atom stereocenters. The van der Waals surface area contributed by atoms with Crippen molar-refractivity contribution < 1.29 is 22.7 Å². The van der Waals surface area contributed by atoms with E-state index in [9.17, 15) is 18.0 Å². The molecule has 2 amide bonds. The first-order valence-corrected chi connectivity index (χ1v) is 12.7. The number of nitrogens with zero attached hydrogens (tertiary/aromatic N) is 1. The molecule has 1 aliphatic rings. The molecule has 1 heterocycles. The van der Waals surface area contributed by atoms with Crippen molar-refractivity contribution in [1.82, 2.24) is 9.62 Å². The molecule has 3 rings (SSSR count). The second-order valence-corrected chi connectivity index (χ2v) is 9.89. The highest BCUT2D eigenvalue weighted by Crippen LogP contribution is 2.22. The quantitative estimate of drug-likeness (QED) is 0.552. The van der Waals surface area contributed by atoms with Gasteiger partial charge in [0.15, 0.2) is 6.61 Å². The maximum Gasteiger partial charge on any atom is 0.262 e. The molecule has 0 aliphatic carbocycles. The van der Waals surface area contributed by atoms with E-state index in [1.54, 1.807) is 25.1 Å². The van der Waals surface area contributed by atoms with Gasteiger partial charge in [0.2, 0.25) is 15.9 Å². The van der Waals surface area contributed by atoms with Crippen LogP contribution in [0.1, 0.15) is 37.3 Å². The van der Waals surface area contributed by atoms with Gasteiger partial charge in [-0.25, -0.2) is 13.1 Å². The Morgan fingerprint density at radius 3 is 2.39 bits per heavy atom. The summed E-state index contributed by atoms with van der Waals surface area (Å²) in [5, 5.41) is 2.76. The third kappa shape index (κ3) is 7.03. The van der Waals surface area contributed by atoms with E-state index in [4.69, 9.17) is 4.74 Å². The van der Waals surface area contributed by atoms with E-state index in [1.807, 2.05) is 24.0 Å². The number of likely N-dealkylation sites (tertiary alicyclic amines) is 1. The summed E-state index contributed by atoms with van der Waals surface area (Å²) in [5.74, 6) is 0.236. The lowest BCUT2D eigenvalue weighted by Crippen LogP contribution is -2.29. The second kappa shape index (κ2) is 11.3. The van der Waals surface area contributed by atoms with E-state index in [0.717, 1.165) is 31.5 Å². The zero-order valence-corrected chi connectivity index (χ0v) is 19.9. The number of amides is 2. The normalized spacial score (nSPS) is 13.7. The number of carbonyl (C=O) groups excluding carboxylic acids is 2. The molecule has 0 saturated carbocycles. The molecule has 9 heteroatoms. The Labute approximate surface area is 195 Å². The van der Waals surface area contributed by atoms with Crippen molar-refractivity contribution in [2.24, 2.45) is 0 Å². The third-order valence-electron chi connectivity index (χ3n) is 5.41. The van der Waals surface area contributed by atoms with E-state index in [2.05, 4.69) is 10.0 Å². The third-order valence-corrected chi connectivity index (χ3v) is 6.87. The first-order valence-electron chi connectivity index (χ1n) is 11.2. The molecule has 0 aromatic heterocycles. The predicted octanol–water partition coefficient (Wildman–Crippen LogP) is 2.87.